The molecule has 0 saturated carbocycles. The molecule has 2 aliphatic rings. The van der Waals surface area contributed by atoms with E-state index in [2.05, 4.69) is 37.9 Å². The Labute approximate surface area is 108 Å². The minimum absolute atomic E-state index is 0.549. The van der Waals surface area contributed by atoms with Gasteiger partial charge < -0.3 is 9.88 Å². The summed E-state index contributed by atoms with van der Waals surface area (Å²) in [5.41, 5.74) is 6.48. The zero-order valence-electron chi connectivity index (χ0n) is 11.1. The minimum Gasteiger partial charge on any atom is -0.314 e. The van der Waals surface area contributed by atoms with Gasteiger partial charge in [-0.2, -0.15) is 0 Å². The van der Waals surface area contributed by atoms with E-state index in [1.165, 1.54) is 6.42 Å². The van der Waals surface area contributed by atoms with Gasteiger partial charge in [0, 0.05) is 44.1 Å². The topological polar surface area (TPSA) is 66.8 Å². The predicted molar refractivity (Wildman–Crippen MR) is 69.0 cm³/mol. The van der Waals surface area contributed by atoms with E-state index in [0.717, 1.165) is 37.7 Å². The van der Waals surface area contributed by atoms with Crippen molar-refractivity contribution in [1.82, 2.24) is 30.9 Å². The highest BCUT2D eigenvalue weighted by Gasteiger charge is 2.25. The highest BCUT2D eigenvalue weighted by molar-refractivity contribution is 4.99. The summed E-state index contributed by atoms with van der Waals surface area (Å²) in [5.74, 6) is 2.85. The lowest BCUT2D eigenvalue weighted by molar-refractivity contribution is 0.344. The fourth-order valence-corrected chi connectivity index (χ4v) is 2.84. The first-order valence-electron chi connectivity index (χ1n) is 6.84. The lowest BCUT2D eigenvalue weighted by Gasteiger charge is -2.26. The van der Waals surface area contributed by atoms with Crippen molar-refractivity contribution in [2.75, 3.05) is 13.1 Å². The lowest BCUT2D eigenvalue weighted by Crippen LogP contribution is -2.42. The Morgan fingerprint density at radius 1 is 1.44 bits per heavy atom. The fraction of sp³-hybridized carbons (Fsp3) is 0.833. The van der Waals surface area contributed by atoms with Crippen molar-refractivity contribution in [1.29, 1.82) is 0 Å². The van der Waals surface area contributed by atoms with Crippen molar-refractivity contribution in [3.8, 4) is 0 Å². The van der Waals surface area contributed by atoms with Crippen molar-refractivity contribution in [3.05, 3.63) is 11.6 Å². The molecular formula is C12H22N6. The Kier molecular flexibility index (Phi) is 3.32. The van der Waals surface area contributed by atoms with Gasteiger partial charge in [-0.3, -0.25) is 10.9 Å². The predicted octanol–water partition coefficient (Wildman–Crippen LogP) is -0.397. The van der Waals surface area contributed by atoms with Crippen molar-refractivity contribution >= 4 is 0 Å². The molecule has 0 aromatic carbocycles. The van der Waals surface area contributed by atoms with Crippen LogP contribution in [0.25, 0.3) is 0 Å². The fourth-order valence-electron chi connectivity index (χ4n) is 2.84. The summed E-state index contributed by atoms with van der Waals surface area (Å²) >= 11 is 0. The summed E-state index contributed by atoms with van der Waals surface area (Å²) in [5, 5.41) is 12.0. The molecule has 3 N–H and O–H groups in total. The minimum atomic E-state index is 0.549. The summed E-state index contributed by atoms with van der Waals surface area (Å²) in [6.45, 7) is 7.40. The average molecular weight is 250 g/mol. The van der Waals surface area contributed by atoms with Crippen LogP contribution in [0.1, 0.15) is 25.0 Å². The van der Waals surface area contributed by atoms with E-state index >= 15 is 0 Å². The number of hydrogen-bond donors (Lipinski definition) is 3. The second-order valence-electron chi connectivity index (χ2n) is 5.49. The van der Waals surface area contributed by atoms with Crippen molar-refractivity contribution < 1.29 is 0 Å². The third kappa shape index (κ3) is 2.28. The monoisotopic (exact) mass is 250 g/mol. The molecule has 3 unspecified atom stereocenters. The SMILES string of the molecule is Cc1nnc2n1CC(NCC1CNNC1C)CC2. The Balaban J connectivity index is 1.54. The summed E-state index contributed by atoms with van der Waals surface area (Å²) in [6, 6.07) is 1.10. The van der Waals surface area contributed by atoms with E-state index in [9.17, 15) is 0 Å². The van der Waals surface area contributed by atoms with E-state index in [1.54, 1.807) is 0 Å². The first-order valence-corrected chi connectivity index (χ1v) is 6.84. The van der Waals surface area contributed by atoms with Gasteiger partial charge in [-0.05, 0) is 20.3 Å². The van der Waals surface area contributed by atoms with E-state index in [0.29, 0.717) is 18.0 Å². The molecule has 0 spiro atoms. The van der Waals surface area contributed by atoms with Gasteiger partial charge in [0.15, 0.2) is 0 Å². The molecular weight excluding hydrogens is 228 g/mol. The average Bonchev–Trinajstić information content (AvgIpc) is 2.94. The summed E-state index contributed by atoms with van der Waals surface area (Å²) in [6.07, 6.45) is 2.20. The normalized spacial score (nSPS) is 31.6. The number of aryl methyl sites for hydroxylation is 2. The maximum absolute atomic E-state index is 4.21. The van der Waals surface area contributed by atoms with Crippen LogP contribution in [0.2, 0.25) is 0 Å². The van der Waals surface area contributed by atoms with Crippen LogP contribution < -0.4 is 16.2 Å². The molecule has 1 aromatic rings. The van der Waals surface area contributed by atoms with Crippen LogP contribution in [0.3, 0.4) is 0 Å². The maximum atomic E-state index is 4.21. The van der Waals surface area contributed by atoms with Crippen LogP contribution in [0.4, 0.5) is 0 Å². The zero-order valence-corrected chi connectivity index (χ0v) is 11.1. The van der Waals surface area contributed by atoms with Crippen LogP contribution in [0.15, 0.2) is 0 Å². The van der Waals surface area contributed by atoms with Gasteiger partial charge in [-0.1, -0.05) is 0 Å². The first-order chi connectivity index (χ1) is 8.74. The van der Waals surface area contributed by atoms with Crippen molar-refractivity contribution in [3.63, 3.8) is 0 Å². The summed E-state index contributed by atoms with van der Waals surface area (Å²) < 4.78 is 2.25. The molecule has 0 amide bonds. The molecule has 0 radical (unpaired) electrons. The first kappa shape index (κ1) is 12.1. The van der Waals surface area contributed by atoms with Gasteiger partial charge in [-0.15, -0.1) is 10.2 Å². The Hall–Kier alpha value is -0.980. The maximum Gasteiger partial charge on any atom is 0.133 e. The number of aromatic nitrogens is 3. The lowest BCUT2D eigenvalue weighted by atomic mass is 10.0. The van der Waals surface area contributed by atoms with E-state index in [-0.39, 0.29) is 0 Å². The Morgan fingerprint density at radius 2 is 2.33 bits per heavy atom. The number of hydrazine groups is 1. The molecule has 1 fully saturated rings. The molecule has 100 valence electrons. The second kappa shape index (κ2) is 4.95. The molecule has 3 atom stereocenters. The van der Waals surface area contributed by atoms with Crippen molar-refractivity contribution in [2.24, 2.45) is 5.92 Å². The van der Waals surface area contributed by atoms with Crippen LogP contribution in [0, 0.1) is 12.8 Å². The van der Waals surface area contributed by atoms with Gasteiger partial charge >= 0.3 is 0 Å². The highest BCUT2D eigenvalue weighted by atomic mass is 15.4. The van der Waals surface area contributed by atoms with Crippen LogP contribution in [-0.2, 0) is 13.0 Å². The van der Waals surface area contributed by atoms with Gasteiger partial charge in [-0.25, -0.2) is 0 Å². The Bertz CT molecular complexity index is 415. The molecule has 3 rings (SSSR count). The third-order valence-electron chi connectivity index (χ3n) is 4.20. The van der Waals surface area contributed by atoms with Crippen LogP contribution in [-0.4, -0.2) is 39.9 Å². The van der Waals surface area contributed by atoms with Crippen LogP contribution in [0.5, 0.6) is 0 Å². The van der Waals surface area contributed by atoms with E-state index in [1.807, 2.05) is 6.92 Å². The van der Waals surface area contributed by atoms with Crippen LogP contribution >= 0.6 is 0 Å². The summed E-state index contributed by atoms with van der Waals surface area (Å²) in [7, 11) is 0. The van der Waals surface area contributed by atoms with Crippen molar-refractivity contribution in [2.45, 2.75) is 45.3 Å². The van der Waals surface area contributed by atoms with Gasteiger partial charge in [0.2, 0.25) is 0 Å². The zero-order chi connectivity index (χ0) is 12.5. The highest BCUT2D eigenvalue weighted by Crippen LogP contribution is 2.15. The van der Waals surface area contributed by atoms with Gasteiger partial charge in [0.25, 0.3) is 0 Å². The number of rotatable bonds is 3. The number of nitrogens with one attached hydrogen (secondary N) is 3. The molecule has 3 heterocycles. The molecule has 18 heavy (non-hydrogen) atoms. The van der Waals surface area contributed by atoms with E-state index < -0.39 is 0 Å². The molecule has 2 aliphatic heterocycles. The molecule has 1 saturated heterocycles. The number of nitrogens with zero attached hydrogens (tertiary/aromatic N) is 3. The number of hydrogen-bond acceptors (Lipinski definition) is 5. The second-order valence-corrected chi connectivity index (χ2v) is 5.49. The molecule has 6 nitrogen and oxygen atoms in total. The third-order valence-corrected chi connectivity index (χ3v) is 4.20. The van der Waals surface area contributed by atoms with Gasteiger partial charge in [0.05, 0.1) is 0 Å². The molecule has 0 bridgehead atoms. The van der Waals surface area contributed by atoms with E-state index in [4.69, 9.17) is 0 Å². The summed E-state index contributed by atoms with van der Waals surface area (Å²) in [4.78, 5) is 0. The largest absolute Gasteiger partial charge is 0.314 e. The number of fused-ring (bicyclic) bond motifs is 1. The quantitative estimate of drug-likeness (QED) is 0.681. The molecule has 0 aliphatic carbocycles. The van der Waals surface area contributed by atoms with Gasteiger partial charge in [0.1, 0.15) is 11.6 Å². The molecule has 1 aromatic heterocycles. The standard InChI is InChI=1S/C12H22N6/c1-8-10(6-14-15-8)5-13-11-3-4-12-17-16-9(2)18(12)7-11/h8,10-11,13-15H,3-7H2,1-2H3. The molecule has 6 heteroatoms. The Morgan fingerprint density at radius 3 is 3.11 bits per heavy atom. The smallest absolute Gasteiger partial charge is 0.133 e.